The molecule has 2 radical (unpaired) electrons. The van der Waals surface area contributed by atoms with E-state index >= 15 is 0 Å². The van der Waals surface area contributed by atoms with E-state index in [1.54, 1.807) is 12.3 Å². The number of halogens is 1. The van der Waals surface area contributed by atoms with Crippen LogP contribution in [0, 0.1) is 5.82 Å². The minimum atomic E-state index is -0.297. The van der Waals surface area contributed by atoms with Crippen molar-refractivity contribution in [3.63, 3.8) is 0 Å². The first-order valence-corrected chi connectivity index (χ1v) is 15.9. The lowest BCUT2D eigenvalue weighted by atomic mass is 10.0. The van der Waals surface area contributed by atoms with E-state index in [-0.39, 0.29) is 17.3 Å². The van der Waals surface area contributed by atoms with Gasteiger partial charge in [0.25, 0.3) is 5.91 Å². The average Bonchev–Trinajstić information content (AvgIpc) is 3.38. The van der Waals surface area contributed by atoms with E-state index in [4.69, 9.17) is 0 Å². The first-order chi connectivity index (χ1) is 21.6. The number of nitrogens with one attached hydrogen (secondary N) is 1. The first-order valence-electron chi connectivity index (χ1n) is 14.9. The Labute approximate surface area is 258 Å². The highest BCUT2D eigenvalue weighted by Crippen LogP contribution is 2.26. The Kier molecular flexibility index (Phi) is 7.77. The molecule has 7 rings (SSSR count). The fourth-order valence-corrected chi connectivity index (χ4v) is 7.21. The molecule has 0 aliphatic carbocycles. The first kappa shape index (κ1) is 27.8. The summed E-state index contributed by atoms with van der Waals surface area (Å²) in [5.74, 6) is 0.397. The Morgan fingerprint density at radius 3 is 2.23 bits per heavy atom. The van der Waals surface area contributed by atoms with Gasteiger partial charge in [-0.1, -0.05) is 90.1 Å². The van der Waals surface area contributed by atoms with Crippen LogP contribution in [-0.2, 0) is 6.54 Å². The Hall–Kier alpha value is -5.01. The summed E-state index contributed by atoms with van der Waals surface area (Å²) in [4.78, 5) is 20.5. The van der Waals surface area contributed by atoms with Crippen LogP contribution in [0.25, 0.3) is 10.9 Å². The molecule has 1 aliphatic heterocycles. The molecule has 3 heterocycles. The van der Waals surface area contributed by atoms with Gasteiger partial charge in [-0.2, -0.15) is 0 Å². The molecule has 0 bridgehead atoms. The van der Waals surface area contributed by atoms with E-state index in [9.17, 15) is 9.18 Å². The van der Waals surface area contributed by atoms with E-state index in [1.807, 2.05) is 41.0 Å². The molecule has 44 heavy (non-hydrogen) atoms. The van der Waals surface area contributed by atoms with Gasteiger partial charge in [-0.15, -0.1) is 0 Å². The predicted molar refractivity (Wildman–Crippen MR) is 177 cm³/mol. The molecular formula is C37H31FN4OSi. The molecule has 216 valence electrons. The van der Waals surface area contributed by atoms with Crippen molar-refractivity contribution >= 4 is 43.0 Å². The molecule has 7 heteroatoms. The van der Waals surface area contributed by atoms with Gasteiger partial charge < -0.3 is 14.8 Å². The van der Waals surface area contributed by atoms with E-state index in [0.717, 1.165) is 35.4 Å². The molecule has 1 fully saturated rings. The summed E-state index contributed by atoms with van der Waals surface area (Å²) >= 11 is 0. The number of fused-ring (bicyclic) bond motifs is 1. The molecule has 1 aliphatic rings. The Balaban J connectivity index is 1.23. The van der Waals surface area contributed by atoms with E-state index in [2.05, 4.69) is 81.9 Å². The summed E-state index contributed by atoms with van der Waals surface area (Å²) in [6.07, 6.45) is 2.88. The molecule has 0 unspecified atom stereocenters. The lowest BCUT2D eigenvalue weighted by Crippen LogP contribution is -2.37. The lowest BCUT2D eigenvalue weighted by Gasteiger charge is -2.31. The molecule has 0 atom stereocenters. The summed E-state index contributed by atoms with van der Waals surface area (Å²) in [7, 11) is 0.493. The molecule has 2 aromatic heterocycles. The van der Waals surface area contributed by atoms with Crippen molar-refractivity contribution in [3.8, 4) is 0 Å². The van der Waals surface area contributed by atoms with Crippen LogP contribution in [0.5, 0.6) is 0 Å². The number of hydrogen-bond acceptors (Lipinski definition) is 3. The van der Waals surface area contributed by atoms with Gasteiger partial charge in [-0.05, 0) is 59.5 Å². The van der Waals surface area contributed by atoms with Crippen LogP contribution in [0.3, 0.4) is 0 Å². The van der Waals surface area contributed by atoms with Crippen LogP contribution in [-0.4, -0.2) is 38.1 Å². The van der Waals surface area contributed by atoms with Crippen molar-refractivity contribution in [1.29, 1.82) is 0 Å². The second-order valence-electron chi connectivity index (χ2n) is 11.1. The zero-order chi connectivity index (χ0) is 29.9. The molecule has 1 amide bonds. The Bertz CT molecular complexity index is 1860. The van der Waals surface area contributed by atoms with Gasteiger partial charge in [-0.3, -0.25) is 4.79 Å². The second-order valence-corrected chi connectivity index (χ2v) is 12.6. The summed E-state index contributed by atoms with van der Waals surface area (Å²) in [5, 5.41) is 5.21. The van der Waals surface area contributed by atoms with E-state index in [0.29, 0.717) is 27.4 Å². The fourth-order valence-electron chi connectivity index (χ4n) is 5.74. The number of anilines is 2. The van der Waals surface area contributed by atoms with Crippen LogP contribution >= 0.6 is 0 Å². The molecule has 6 aromatic rings. The quantitative estimate of drug-likeness (QED) is 0.187. The normalized spacial score (nSPS) is 12.8. The van der Waals surface area contributed by atoms with Crippen molar-refractivity contribution < 1.29 is 9.18 Å². The third-order valence-electron chi connectivity index (χ3n) is 8.13. The largest absolute Gasteiger partial charge is 0.356 e. The van der Waals surface area contributed by atoms with Crippen LogP contribution in [0.4, 0.5) is 15.9 Å². The van der Waals surface area contributed by atoms with Crippen LogP contribution in [0.1, 0.15) is 39.1 Å². The van der Waals surface area contributed by atoms with Gasteiger partial charge in [0.1, 0.15) is 17.3 Å². The van der Waals surface area contributed by atoms with Gasteiger partial charge >= 0.3 is 0 Å². The van der Waals surface area contributed by atoms with Crippen molar-refractivity contribution in [2.75, 3.05) is 23.3 Å². The lowest BCUT2D eigenvalue weighted by molar-refractivity contribution is 0.101. The molecule has 1 N–H and O–H groups in total. The minimum Gasteiger partial charge on any atom is -0.356 e. The number of aromatic nitrogens is 2. The highest BCUT2D eigenvalue weighted by molar-refractivity contribution is 6.56. The van der Waals surface area contributed by atoms with Gasteiger partial charge in [0.15, 0.2) is 0 Å². The molecule has 1 saturated heterocycles. The van der Waals surface area contributed by atoms with Gasteiger partial charge in [-0.25, -0.2) is 9.37 Å². The van der Waals surface area contributed by atoms with Crippen LogP contribution in [0.15, 0.2) is 128 Å². The number of carbonyl (C=O) groups excluding carboxylic acids is 1. The third kappa shape index (κ3) is 5.92. The van der Waals surface area contributed by atoms with Crippen LogP contribution in [0.2, 0.25) is 0 Å². The average molecular weight is 595 g/mol. The highest BCUT2D eigenvalue weighted by Gasteiger charge is 2.20. The van der Waals surface area contributed by atoms with Crippen molar-refractivity contribution in [1.82, 2.24) is 9.55 Å². The number of benzene rings is 4. The van der Waals surface area contributed by atoms with Crippen molar-refractivity contribution in [2.45, 2.75) is 18.5 Å². The third-order valence-corrected chi connectivity index (χ3v) is 9.73. The minimum absolute atomic E-state index is 0.221. The number of amides is 1. The molecule has 4 aromatic carbocycles. The van der Waals surface area contributed by atoms with Crippen LogP contribution < -0.4 is 15.4 Å². The maximum atomic E-state index is 14.1. The molecule has 0 spiro atoms. The summed E-state index contributed by atoms with van der Waals surface area (Å²) in [5.41, 5.74) is 5.63. The van der Waals surface area contributed by atoms with E-state index < -0.39 is 0 Å². The Morgan fingerprint density at radius 1 is 0.841 bits per heavy atom. The zero-order valence-electron chi connectivity index (χ0n) is 24.2. The fraction of sp³-hybridized carbons (Fsp3) is 0.135. The number of pyridine rings is 1. The van der Waals surface area contributed by atoms with Gasteiger partial charge in [0.05, 0.1) is 21.4 Å². The zero-order valence-corrected chi connectivity index (χ0v) is 25.2. The Morgan fingerprint density at radius 2 is 1.59 bits per heavy atom. The summed E-state index contributed by atoms with van der Waals surface area (Å²) < 4.78 is 16.1. The smallest absolute Gasteiger partial charge is 0.272 e. The maximum Gasteiger partial charge on any atom is 0.272 e. The number of rotatable bonds is 9. The SMILES string of the molecule is O=C(Nc1ccc(N2CCC2)nc1)c1cc2cc([Si]C(c3ccccc3)c3ccccc3)ccc2n1Cc1cccc(F)c1. The van der Waals surface area contributed by atoms with Gasteiger partial charge in [0.2, 0.25) is 0 Å². The van der Waals surface area contributed by atoms with Crippen molar-refractivity contribution in [2.24, 2.45) is 0 Å². The topological polar surface area (TPSA) is 50.2 Å². The number of hydrogen-bond donors (Lipinski definition) is 1. The molecule has 5 nitrogen and oxygen atoms in total. The summed E-state index contributed by atoms with van der Waals surface area (Å²) in [6.45, 7) is 2.40. The monoisotopic (exact) mass is 594 g/mol. The van der Waals surface area contributed by atoms with Gasteiger partial charge in [0, 0.05) is 36.1 Å². The summed E-state index contributed by atoms with van der Waals surface area (Å²) in [6, 6.07) is 39.9. The molecular weight excluding hydrogens is 564 g/mol. The van der Waals surface area contributed by atoms with Crippen molar-refractivity contribution in [3.05, 3.63) is 156 Å². The maximum absolute atomic E-state index is 14.1. The van der Waals surface area contributed by atoms with E-state index in [1.165, 1.54) is 34.9 Å². The highest BCUT2D eigenvalue weighted by atomic mass is 28.2. The second kappa shape index (κ2) is 12.3. The predicted octanol–water partition coefficient (Wildman–Crippen LogP) is 6.81. The number of carbonyl (C=O) groups is 1. The standard InChI is InChI=1S/C37H31FN4OSi/c38-30-14-7-9-26(21-30)25-42-33-17-16-32(44-36(27-10-3-1-4-11-27)28-12-5-2-6-13-28)22-29(33)23-34(42)37(43)40-31-15-18-35(39-24-31)41-19-8-20-41/h1-7,9-18,21-24,36H,8,19-20,25H2,(H,40,43). The number of nitrogens with zero attached hydrogens (tertiary/aromatic N) is 3. The molecule has 0 saturated carbocycles.